The lowest BCUT2D eigenvalue weighted by molar-refractivity contribution is 0.149. The fraction of sp³-hybridized carbons (Fsp3) is 0.571. The van der Waals surface area contributed by atoms with Crippen LogP contribution in [0.5, 0.6) is 0 Å². The Bertz CT molecular complexity index is 590. The van der Waals surface area contributed by atoms with Crippen LogP contribution in [0.15, 0.2) is 17.0 Å². The summed E-state index contributed by atoms with van der Waals surface area (Å²) in [5.74, 6) is -0.519. The van der Waals surface area contributed by atoms with E-state index in [1.54, 1.807) is 14.0 Å². The van der Waals surface area contributed by atoms with Gasteiger partial charge in [-0.1, -0.05) is 0 Å². The fourth-order valence-electron chi connectivity index (χ4n) is 2.02. The van der Waals surface area contributed by atoms with E-state index in [4.69, 9.17) is 4.74 Å². The van der Waals surface area contributed by atoms with Gasteiger partial charge < -0.3 is 10.1 Å². The topological polar surface area (TPSA) is 58.6 Å². The Hall–Kier alpha value is -1.02. The van der Waals surface area contributed by atoms with Crippen molar-refractivity contribution in [2.24, 2.45) is 0 Å². The maximum Gasteiger partial charge on any atom is 0.243 e. The highest BCUT2D eigenvalue weighted by Gasteiger charge is 2.28. The van der Waals surface area contributed by atoms with Crippen LogP contribution in [0.2, 0.25) is 0 Å². The number of methoxy groups -OCH3 is 1. The van der Waals surface area contributed by atoms with Crippen LogP contribution >= 0.6 is 0 Å². The van der Waals surface area contributed by atoms with Crippen molar-refractivity contribution < 1.29 is 17.5 Å². The molecule has 21 heavy (non-hydrogen) atoms. The maximum absolute atomic E-state index is 14.0. The lowest BCUT2D eigenvalue weighted by Crippen LogP contribution is -2.38. The Labute approximate surface area is 126 Å². The Balaban J connectivity index is 3.30. The standard InChI is InChI=1S/C14H23FN2O3S/c1-10(9-20-5)17(4)21(18,19)14-7-12(8-16-3)6-13(15)11(14)2/h6-7,10,16H,8-9H2,1-5H3. The second-order valence-electron chi connectivity index (χ2n) is 5.06. The first-order valence-corrected chi connectivity index (χ1v) is 8.10. The van der Waals surface area contributed by atoms with E-state index in [9.17, 15) is 12.8 Å². The molecule has 0 spiro atoms. The Morgan fingerprint density at radius 3 is 2.57 bits per heavy atom. The molecule has 0 aliphatic rings. The summed E-state index contributed by atoms with van der Waals surface area (Å²) in [6.07, 6.45) is 0. The predicted molar refractivity (Wildman–Crippen MR) is 80.2 cm³/mol. The quantitative estimate of drug-likeness (QED) is 0.828. The van der Waals surface area contributed by atoms with Crippen molar-refractivity contribution in [3.05, 3.63) is 29.1 Å². The first-order valence-electron chi connectivity index (χ1n) is 6.66. The summed E-state index contributed by atoms with van der Waals surface area (Å²) in [6, 6.07) is 2.53. The van der Waals surface area contributed by atoms with Gasteiger partial charge in [0.25, 0.3) is 0 Å². The zero-order valence-corrected chi connectivity index (χ0v) is 13.9. The monoisotopic (exact) mass is 318 g/mol. The molecule has 0 aromatic heterocycles. The summed E-state index contributed by atoms with van der Waals surface area (Å²) in [6.45, 7) is 3.88. The summed E-state index contributed by atoms with van der Waals surface area (Å²) < 4.78 is 45.5. The third-order valence-electron chi connectivity index (χ3n) is 3.42. The second kappa shape index (κ2) is 7.31. The smallest absolute Gasteiger partial charge is 0.243 e. The summed E-state index contributed by atoms with van der Waals surface area (Å²) >= 11 is 0. The molecule has 1 rings (SSSR count). The number of sulfonamides is 1. The van der Waals surface area contributed by atoms with Crippen LogP contribution in [0.1, 0.15) is 18.1 Å². The van der Waals surface area contributed by atoms with Gasteiger partial charge in [-0.2, -0.15) is 4.31 Å². The van der Waals surface area contributed by atoms with Gasteiger partial charge in [0.15, 0.2) is 0 Å². The number of nitrogens with one attached hydrogen (secondary N) is 1. The molecule has 7 heteroatoms. The van der Waals surface area contributed by atoms with E-state index in [2.05, 4.69) is 5.32 Å². The minimum absolute atomic E-state index is 0.00166. The highest BCUT2D eigenvalue weighted by molar-refractivity contribution is 7.89. The van der Waals surface area contributed by atoms with E-state index >= 15 is 0 Å². The van der Waals surface area contributed by atoms with Gasteiger partial charge in [-0.3, -0.25) is 0 Å². The third kappa shape index (κ3) is 4.00. The molecular weight excluding hydrogens is 295 g/mol. The zero-order valence-electron chi connectivity index (χ0n) is 13.1. The number of ether oxygens (including phenoxy) is 1. The maximum atomic E-state index is 14.0. The van der Waals surface area contributed by atoms with E-state index in [0.717, 1.165) is 0 Å². The largest absolute Gasteiger partial charge is 0.383 e. The summed E-state index contributed by atoms with van der Waals surface area (Å²) in [5, 5.41) is 2.89. The molecule has 1 aromatic rings. The normalized spacial score (nSPS) is 13.7. The van der Waals surface area contributed by atoms with E-state index in [0.29, 0.717) is 12.1 Å². The predicted octanol–water partition coefficient (Wildman–Crippen LogP) is 1.51. The highest BCUT2D eigenvalue weighted by atomic mass is 32.2. The minimum Gasteiger partial charge on any atom is -0.383 e. The first-order chi connectivity index (χ1) is 9.75. The molecule has 120 valence electrons. The molecule has 1 atom stereocenters. The third-order valence-corrected chi connectivity index (χ3v) is 5.52. The van der Waals surface area contributed by atoms with Gasteiger partial charge in [0.2, 0.25) is 10.0 Å². The van der Waals surface area contributed by atoms with E-state index in [-0.39, 0.29) is 23.1 Å². The molecule has 0 aliphatic carbocycles. The molecule has 5 nitrogen and oxygen atoms in total. The van der Waals surface area contributed by atoms with Crippen molar-refractivity contribution in [2.45, 2.75) is 31.3 Å². The Morgan fingerprint density at radius 2 is 2.05 bits per heavy atom. The van der Waals surface area contributed by atoms with Gasteiger partial charge in [-0.25, -0.2) is 12.8 Å². The number of halogens is 1. The molecule has 0 saturated heterocycles. The average molecular weight is 318 g/mol. The molecule has 1 N–H and O–H groups in total. The molecule has 0 heterocycles. The summed E-state index contributed by atoms with van der Waals surface area (Å²) in [7, 11) is 0.935. The van der Waals surface area contributed by atoms with Gasteiger partial charge in [-0.15, -0.1) is 0 Å². The van der Waals surface area contributed by atoms with Crippen LogP contribution in [-0.4, -0.2) is 46.6 Å². The number of benzene rings is 1. The van der Waals surface area contributed by atoms with Crippen molar-refractivity contribution >= 4 is 10.0 Å². The van der Waals surface area contributed by atoms with Crippen LogP contribution < -0.4 is 5.32 Å². The van der Waals surface area contributed by atoms with Crippen molar-refractivity contribution in [3.63, 3.8) is 0 Å². The van der Waals surface area contributed by atoms with Crippen molar-refractivity contribution in [3.8, 4) is 0 Å². The lowest BCUT2D eigenvalue weighted by Gasteiger charge is -2.25. The molecule has 0 radical (unpaired) electrons. The molecular formula is C14H23FN2O3S. The van der Waals surface area contributed by atoms with Crippen LogP contribution in [0.4, 0.5) is 4.39 Å². The van der Waals surface area contributed by atoms with Crippen molar-refractivity contribution in [1.29, 1.82) is 0 Å². The molecule has 1 aromatic carbocycles. The van der Waals surface area contributed by atoms with Crippen LogP contribution in [0, 0.1) is 12.7 Å². The SMILES string of the molecule is CNCc1cc(F)c(C)c(S(=O)(=O)N(C)C(C)COC)c1. The fourth-order valence-corrected chi connectivity index (χ4v) is 3.65. The lowest BCUT2D eigenvalue weighted by atomic mass is 10.1. The van der Waals surface area contributed by atoms with Crippen LogP contribution in [0.3, 0.4) is 0 Å². The number of hydrogen-bond acceptors (Lipinski definition) is 4. The zero-order chi connectivity index (χ0) is 16.2. The van der Waals surface area contributed by atoms with Gasteiger partial charge in [0.05, 0.1) is 11.5 Å². The number of nitrogens with zero attached hydrogens (tertiary/aromatic N) is 1. The minimum atomic E-state index is -3.77. The van der Waals surface area contributed by atoms with Gasteiger partial charge >= 0.3 is 0 Å². The van der Waals surface area contributed by atoms with Crippen molar-refractivity contribution in [1.82, 2.24) is 9.62 Å². The highest BCUT2D eigenvalue weighted by Crippen LogP contribution is 2.24. The molecule has 0 fully saturated rings. The van der Waals surface area contributed by atoms with Crippen LogP contribution in [-0.2, 0) is 21.3 Å². The first kappa shape index (κ1) is 18.0. The molecule has 0 aliphatic heterocycles. The Kier molecular flexibility index (Phi) is 6.27. The second-order valence-corrected chi connectivity index (χ2v) is 7.02. The van der Waals surface area contributed by atoms with E-state index < -0.39 is 15.8 Å². The number of hydrogen-bond donors (Lipinski definition) is 1. The number of likely N-dealkylation sites (N-methyl/N-ethyl adjacent to an activating group) is 1. The molecule has 0 saturated carbocycles. The van der Waals surface area contributed by atoms with Gasteiger partial charge in [-0.05, 0) is 38.6 Å². The van der Waals surface area contributed by atoms with Gasteiger partial charge in [0.1, 0.15) is 5.82 Å². The van der Waals surface area contributed by atoms with E-state index in [1.807, 2.05) is 0 Å². The molecule has 0 amide bonds. The van der Waals surface area contributed by atoms with Crippen LogP contribution in [0.25, 0.3) is 0 Å². The number of rotatable bonds is 7. The Morgan fingerprint density at radius 1 is 1.43 bits per heavy atom. The van der Waals surface area contributed by atoms with E-state index in [1.165, 1.54) is 37.5 Å². The van der Waals surface area contributed by atoms with Crippen molar-refractivity contribution in [2.75, 3.05) is 27.8 Å². The average Bonchev–Trinajstić information content (AvgIpc) is 2.42. The molecule has 1 unspecified atom stereocenters. The van der Waals surface area contributed by atoms with Gasteiger partial charge in [0, 0.05) is 32.3 Å². The molecule has 0 bridgehead atoms. The summed E-state index contributed by atoms with van der Waals surface area (Å²) in [4.78, 5) is -0.00166. The summed E-state index contributed by atoms with van der Waals surface area (Å²) in [5.41, 5.74) is 0.721.